The predicted octanol–water partition coefficient (Wildman–Crippen LogP) is 3.63. The number of benzene rings is 1. The molecule has 0 saturated heterocycles. The van der Waals surface area contributed by atoms with Crippen molar-refractivity contribution >= 4 is 28.8 Å². The molecule has 3 heterocycles. The third kappa shape index (κ3) is 4.24. The van der Waals surface area contributed by atoms with Crippen LogP contribution in [0.15, 0.2) is 58.8 Å². The number of amides is 1. The number of thiophene rings is 1. The highest BCUT2D eigenvalue weighted by Crippen LogP contribution is 2.24. The van der Waals surface area contributed by atoms with Gasteiger partial charge in [-0.25, -0.2) is 4.98 Å². The third-order valence-electron chi connectivity index (χ3n) is 3.75. The maximum atomic E-state index is 12.1. The number of hydrogen-bond donors (Lipinski definition) is 1. The molecule has 1 aromatic carbocycles. The summed E-state index contributed by atoms with van der Waals surface area (Å²) in [7, 11) is 0. The maximum Gasteiger partial charge on any atom is 0.268 e. The molecule has 0 fully saturated rings. The number of carbonyl (C=O) groups excluding carboxylic acids is 1. The quantitative estimate of drug-likeness (QED) is 0.535. The van der Waals surface area contributed by atoms with Crippen LogP contribution in [0, 0.1) is 0 Å². The molecular weight excluding hydrogens is 386 g/mol. The molecule has 136 valence electrons. The second-order valence-electron chi connectivity index (χ2n) is 5.73. The van der Waals surface area contributed by atoms with Crippen LogP contribution in [0.4, 0.5) is 0 Å². The van der Waals surface area contributed by atoms with Gasteiger partial charge in [0, 0.05) is 17.8 Å². The Morgan fingerprint density at radius 3 is 2.89 bits per heavy atom. The summed E-state index contributed by atoms with van der Waals surface area (Å²) in [6, 6.07) is 11.2. The Morgan fingerprint density at radius 2 is 2.11 bits per heavy atom. The van der Waals surface area contributed by atoms with E-state index < -0.39 is 0 Å². The zero-order chi connectivity index (χ0) is 18.6. The van der Waals surface area contributed by atoms with E-state index in [-0.39, 0.29) is 12.5 Å². The molecular formula is C18H14ClN5O2S. The highest BCUT2D eigenvalue weighted by Gasteiger charge is 2.14. The number of imidazole rings is 1. The van der Waals surface area contributed by atoms with Crippen LogP contribution in [-0.4, -0.2) is 25.6 Å². The number of halogens is 1. The summed E-state index contributed by atoms with van der Waals surface area (Å²) >= 11 is 7.37. The smallest absolute Gasteiger partial charge is 0.268 e. The molecule has 7 nitrogen and oxygen atoms in total. The lowest BCUT2D eigenvalue weighted by molar-refractivity contribution is -0.121. The molecule has 27 heavy (non-hydrogen) atoms. The normalized spacial score (nSPS) is 10.9. The fourth-order valence-corrected chi connectivity index (χ4v) is 3.19. The van der Waals surface area contributed by atoms with Crippen molar-refractivity contribution in [3.8, 4) is 22.3 Å². The van der Waals surface area contributed by atoms with Gasteiger partial charge in [0.05, 0.1) is 11.2 Å². The average Bonchev–Trinajstić information content (AvgIpc) is 3.41. The van der Waals surface area contributed by atoms with Gasteiger partial charge in [-0.2, -0.15) is 4.98 Å². The van der Waals surface area contributed by atoms with Crippen LogP contribution in [-0.2, 0) is 17.9 Å². The lowest BCUT2D eigenvalue weighted by atomic mass is 10.2. The van der Waals surface area contributed by atoms with Gasteiger partial charge in [0.25, 0.3) is 5.89 Å². The number of nitrogens with zero attached hydrogens (tertiary/aromatic N) is 4. The second kappa shape index (κ2) is 7.73. The molecule has 4 rings (SSSR count). The van der Waals surface area contributed by atoms with Gasteiger partial charge in [-0.3, -0.25) is 4.79 Å². The Hall–Kier alpha value is -2.97. The van der Waals surface area contributed by atoms with Crippen LogP contribution in [0.1, 0.15) is 5.56 Å². The van der Waals surface area contributed by atoms with Crippen LogP contribution in [0.5, 0.6) is 0 Å². The summed E-state index contributed by atoms with van der Waals surface area (Å²) in [5, 5.41) is 9.42. The van der Waals surface area contributed by atoms with E-state index in [9.17, 15) is 4.79 Å². The molecule has 3 aromatic heterocycles. The van der Waals surface area contributed by atoms with E-state index in [1.165, 1.54) is 11.3 Å². The minimum absolute atomic E-state index is 0.124. The topological polar surface area (TPSA) is 85.8 Å². The number of nitrogens with one attached hydrogen (secondary N) is 1. The van der Waals surface area contributed by atoms with Crippen molar-refractivity contribution in [1.82, 2.24) is 25.0 Å². The van der Waals surface area contributed by atoms with Gasteiger partial charge >= 0.3 is 0 Å². The Morgan fingerprint density at radius 1 is 1.26 bits per heavy atom. The van der Waals surface area contributed by atoms with Gasteiger partial charge in [0.1, 0.15) is 12.2 Å². The second-order valence-corrected chi connectivity index (χ2v) is 7.12. The first-order chi connectivity index (χ1) is 13.2. The molecule has 0 unspecified atom stereocenters. The first-order valence-corrected chi connectivity index (χ1v) is 9.34. The third-order valence-corrected chi connectivity index (χ3v) is 4.86. The SMILES string of the molecule is O=C(Cn1cnc(-c2noc(-c3cccs3)n2)c1)NCc1ccc(Cl)cc1. The first-order valence-electron chi connectivity index (χ1n) is 8.08. The number of rotatable bonds is 6. The fourth-order valence-electron chi connectivity index (χ4n) is 2.41. The molecule has 0 aliphatic carbocycles. The molecule has 0 aliphatic heterocycles. The molecule has 4 aromatic rings. The van der Waals surface area contributed by atoms with Gasteiger partial charge in [-0.1, -0.05) is 35.0 Å². The van der Waals surface area contributed by atoms with Crippen LogP contribution in [0.3, 0.4) is 0 Å². The molecule has 0 radical (unpaired) electrons. The Bertz CT molecular complexity index is 1040. The van der Waals surface area contributed by atoms with E-state index in [4.69, 9.17) is 16.1 Å². The monoisotopic (exact) mass is 399 g/mol. The van der Waals surface area contributed by atoms with Gasteiger partial charge < -0.3 is 14.4 Å². The van der Waals surface area contributed by atoms with E-state index in [0.29, 0.717) is 29.0 Å². The summed E-state index contributed by atoms with van der Waals surface area (Å²) in [5.74, 6) is 0.718. The van der Waals surface area contributed by atoms with Crippen molar-refractivity contribution < 1.29 is 9.32 Å². The Labute approximate surface area is 163 Å². The molecule has 0 atom stereocenters. The zero-order valence-electron chi connectivity index (χ0n) is 14.0. The Kier molecular flexibility index (Phi) is 4.99. The van der Waals surface area contributed by atoms with Crippen molar-refractivity contribution in [1.29, 1.82) is 0 Å². The lowest BCUT2D eigenvalue weighted by Gasteiger charge is -2.06. The summed E-state index contributed by atoms with van der Waals surface area (Å²) in [4.78, 5) is 21.6. The fraction of sp³-hybridized carbons (Fsp3) is 0.111. The van der Waals surface area contributed by atoms with Crippen molar-refractivity contribution in [3.05, 3.63) is 64.9 Å². The van der Waals surface area contributed by atoms with Gasteiger partial charge in [0.2, 0.25) is 11.7 Å². The van der Waals surface area contributed by atoms with Gasteiger partial charge in [-0.05, 0) is 29.1 Å². The number of aromatic nitrogens is 4. The van der Waals surface area contributed by atoms with Crippen LogP contribution >= 0.6 is 22.9 Å². The van der Waals surface area contributed by atoms with E-state index in [1.807, 2.05) is 29.6 Å². The van der Waals surface area contributed by atoms with Crippen molar-refractivity contribution in [3.63, 3.8) is 0 Å². The highest BCUT2D eigenvalue weighted by molar-refractivity contribution is 7.13. The molecule has 0 saturated carbocycles. The lowest BCUT2D eigenvalue weighted by Crippen LogP contribution is -2.26. The van der Waals surface area contributed by atoms with E-state index in [1.54, 1.807) is 29.2 Å². The van der Waals surface area contributed by atoms with Gasteiger partial charge in [0.15, 0.2) is 0 Å². The highest BCUT2D eigenvalue weighted by atomic mass is 35.5. The zero-order valence-corrected chi connectivity index (χ0v) is 15.6. The summed E-state index contributed by atoms with van der Waals surface area (Å²) in [5.41, 5.74) is 1.53. The van der Waals surface area contributed by atoms with Crippen molar-refractivity contribution in [2.75, 3.05) is 0 Å². The predicted molar refractivity (Wildman–Crippen MR) is 102 cm³/mol. The first kappa shape index (κ1) is 17.4. The van der Waals surface area contributed by atoms with Crippen LogP contribution in [0.2, 0.25) is 5.02 Å². The molecule has 0 aliphatic rings. The standard InChI is InChI=1S/C18H14ClN5O2S/c19-13-5-3-12(4-6-13)8-20-16(25)10-24-9-14(21-11-24)17-22-18(26-23-17)15-2-1-7-27-15/h1-7,9,11H,8,10H2,(H,20,25). The molecule has 1 amide bonds. The minimum Gasteiger partial charge on any atom is -0.350 e. The van der Waals surface area contributed by atoms with Crippen LogP contribution < -0.4 is 5.32 Å². The molecule has 1 N–H and O–H groups in total. The van der Waals surface area contributed by atoms with Crippen LogP contribution in [0.25, 0.3) is 22.3 Å². The largest absolute Gasteiger partial charge is 0.350 e. The maximum absolute atomic E-state index is 12.1. The van der Waals surface area contributed by atoms with Crippen molar-refractivity contribution in [2.45, 2.75) is 13.1 Å². The van der Waals surface area contributed by atoms with Crippen molar-refractivity contribution in [2.24, 2.45) is 0 Å². The average molecular weight is 400 g/mol. The molecule has 0 spiro atoms. The summed E-state index contributed by atoms with van der Waals surface area (Å²) < 4.78 is 6.94. The Balaban J connectivity index is 1.36. The number of carbonyl (C=O) groups is 1. The van der Waals surface area contributed by atoms with Gasteiger partial charge in [-0.15, -0.1) is 11.3 Å². The van der Waals surface area contributed by atoms with E-state index >= 15 is 0 Å². The summed E-state index contributed by atoms with van der Waals surface area (Å²) in [6.45, 7) is 0.586. The van der Waals surface area contributed by atoms with E-state index in [0.717, 1.165) is 10.4 Å². The molecule has 0 bridgehead atoms. The van der Waals surface area contributed by atoms with E-state index in [2.05, 4.69) is 20.4 Å². The molecule has 9 heteroatoms. The summed E-state index contributed by atoms with van der Waals surface area (Å²) in [6.07, 6.45) is 3.28. The minimum atomic E-state index is -0.124. The number of hydrogen-bond acceptors (Lipinski definition) is 6.